The zero-order valence-electron chi connectivity index (χ0n) is 12.4. The quantitative estimate of drug-likeness (QED) is 0.647. The third kappa shape index (κ3) is 4.49. The number of rotatable bonds is 6. The van der Waals surface area contributed by atoms with Crippen LogP contribution in [0.1, 0.15) is 12.5 Å². The van der Waals surface area contributed by atoms with Gasteiger partial charge < -0.3 is 20.8 Å². The monoisotopic (exact) mass is 304 g/mol. The van der Waals surface area contributed by atoms with Crippen molar-refractivity contribution < 1.29 is 15.0 Å². The van der Waals surface area contributed by atoms with Gasteiger partial charge in [0.05, 0.1) is 24.5 Å². The molecule has 0 saturated carbocycles. The van der Waals surface area contributed by atoms with Crippen LogP contribution in [0.3, 0.4) is 0 Å². The molecule has 1 aromatic carbocycles. The van der Waals surface area contributed by atoms with Crippen LogP contribution in [-0.4, -0.2) is 38.7 Å². The van der Waals surface area contributed by atoms with Crippen molar-refractivity contribution in [1.82, 2.24) is 15.1 Å². The first-order valence-corrected chi connectivity index (χ1v) is 7.09. The zero-order valence-corrected chi connectivity index (χ0v) is 12.4. The highest BCUT2D eigenvalue weighted by Crippen LogP contribution is 2.11. The predicted molar refractivity (Wildman–Crippen MR) is 82.7 cm³/mol. The molecule has 2 amide bonds. The number of phenolic OH excluding ortho intramolecular Hbond substituents is 1. The van der Waals surface area contributed by atoms with Crippen LogP contribution in [-0.2, 0) is 13.0 Å². The van der Waals surface area contributed by atoms with Gasteiger partial charge >= 0.3 is 6.03 Å². The number of carbonyl (C=O) groups excluding carboxylic acids is 1. The molecule has 1 atom stereocenters. The summed E-state index contributed by atoms with van der Waals surface area (Å²) in [5.41, 5.74) is 1.51. The van der Waals surface area contributed by atoms with Crippen LogP contribution < -0.4 is 10.6 Å². The Morgan fingerprint density at radius 2 is 2.09 bits per heavy atom. The molecule has 7 heteroatoms. The van der Waals surface area contributed by atoms with Crippen LogP contribution in [0.4, 0.5) is 10.5 Å². The van der Waals surface area contributed by atoms with Gasteiger partial charge in [0.1, 0.15) is 5.75 Å². The van der Waals surface area contributed by atoms with E-state index in [1.807, 2.05) is 6.92 Å². The molecule has 0 unspecified atom stereocenters. The fourth-order valence-electron chi connectivity index (χ4n) is 2.03. The number of anilines is 1. The molecule has 0 fully saturated rings. The van der Waals surface area contributed by atoms with Crippen molar-refractivity contribution in [2.45, 2.75) is 25.9 Å². The number of nitrogens with one attached hydrogen (secondary N) is 2. The molecule has 1 aromatic heterocycles. The van der Waals surface area contributed by atoms with Crippen LogP contribution in [0.5, 0.6) is 5.75 Å². The van der Waals surface area contributed by atoms with Crippen LogP contribution in [0, 0.1) is 0 Å². The van der Waals surface area contributed by atoms with Gasteiger partial charge in [-0.25, -0.2) is 4.79 Å². The maximum absolute atomic E-state index is 11.9. The Kier molecular flexibility index (Phi) is 5.37. The van der Waals surface area contributed by atoms with Crippen molar-refractivity contribution in [2.24, 2.45) is 0 Å². The standard InChI is InChI=1S/C15H20N4O3/c1-2-19-9-13(8-16-19)18-15(22)17-12(10-20)7-11-3-5-14(21)6-4-11/h3-6,8-9,12,20-21H,2,7,10H2,1H3,(H2,17,18,22)/t12-/m0/s1. The molecule has 22 heavy (non-hydrogen) atoms. The molecule has 7 nitrogen and oxygen atoms in total. The first-order chi connectivity index (χ1) is 10.6. The number of hydrogen-bond donors (Lipinski definition) is 4. The minimum atomic E-state index is -0.411. The maximum Gasteiger partial charge on any atom is 0.319 e. The van der Waals surface area contributed by atoms with Crippen LogP contribution >= 0.6 is 0 Å². The predicted octanol–water partition coefficient (Wildman–Crippen LogP) is 1.33. The zero-order chi connectivity index (χ0) is 15.9. The van der Waals surface area contributed by atoms with Crippen molar-refractivity contribution in [3.05, 3.63) is 42.2 Å². The van der Waals surface area contributed by atoms with Crippen molar-refractivity contribution in [3.63, 3.8) is 0 Å². The highest BCUT2D eigenvalue weighted by Gasteiger charge is 2.13. The van der Waals surface area contributed by atoms with Gasteiger partial charge in [-0.1, -0.05) is 12.1 Å². The van der Waals surface area contributed by atoms with E-state index >= 15 is 0 Å². The molecule has 1 heterocycles. The normalized spacial score (nSPS) is 11.9. The van der Waals surface area contributed by atoms with Crippen molar-refractivity contribution in [3.8, 4) is 5.75 Å². The number of nitrogens with zero attached hydrogens (tertiary/aromatic N) is 2. The summed E-state index contributed by atoms with van der Waals surface area (Å²) < 4.78 is 1.70. The van der Waals surface area contributed by atoms with Gasteiger partial charge in [-0.2, -0.15) is 5.10 Å². The Morgan fingerprint density at radius 1 is 1.36 bits per heavy atom. The van der Waals surface area contributed by atoms with Gasteiger partial charge in [0, 0.05) is 12.7 Å². The summed E-state index contributed by atoms with van der Waals surface area (Å²) >= 11 is 0. The number of aromatic nitrogens is 2. The van der Waals surface area contributed by atoms with Gasteiger partial charge in [0.25, 0.3) is 0 Å². The van der Waals surface area contributed by atoms with Gasteiger partial charge in [-0.05, 0) is 31.0 Å². The number of aryl methyl sites for hydroxylation is 1. The SMILES string of the molecule is CCn1cc(NC(=O)N[C@H](CO)Cc2ccc(O)cc2)cn1. The average Bonchev–Trinajstić information content (AvgIpc) is 2.96. The van der Waals surface area contributed by atoms with Crippen LogP contribution in [0.15, 0.2) is 36.7 Å². The Morgan fingerprint density at radius 3 is 2.68 bits per heavy atom. The summed E-state index contributed by atoms with van der Waals surface area (Å²) in [6.45, 7) is 2.50. The molecule has 0 aliphatic rings. The number of hydrogen-bond acceptors (Lipinski definition) is 4. The second-order valence-corrected chi connectivity index (χ2v) is 4.93. The smallest absolute Gasteiger partial charge is 0.319 e. The van der Waals surface area contributed by atoms with Crippen LogP contribution in [0.2, 0.25) is 0 Å². The maximum atomic E-state index is 11.9. The van der Waals surface area contributed by atoms with E-state index in [2.05, 4.69) is 15.7 Å². The Balaban J connectivity index is 1.88. The Labute approximate surface area is 128 Å². The molecular weight excluding hydrogens is 284 g/mol. The lowest BCUT2D eigenvalue weighted by Gasteiger charge is -2.16. The third-order valence-electron chi connectivity index (χ3n) is 3.19. The second-order valence-electron chi connectivity index (χ2n) is 4.93. The van der Waals surface area contributed by atoms with E-state index in [9.17, 15) is 15.0 Å². The number of aliphatic hydroxyl groups excluding tert-OH is 1. The van der Waals surface area contributed by atoms with E-state index in [0.717, 1.165) is 12.1 Å². The summed E-state index contributed by atoms with van der Waals surface area (Å²) in [5.74, 6) is 0.183. The third-order valence-corrected chi connectivity index (χ3v) is 3.19. The molecule has 118 valence electrons. The molecule has 0 radical (unpaired) electrons. The van der Waals surface area contributed by atoms with Gasteiger partial charge in [0.15, 0.2) is 0 Å². The Hall–Kier alpha value is -2.54. The first-order valence-electron chi connectivity index (χ1n) is 7.09. The fraction of sp³-hybridized carbons (Fsp3) is 0.333. The van der Waals surface area contributed by atoms with E-state index in [1.165, 1.54) is 0 Å². The molecule has 0 aliphatic heterocycles. The second kappa shape index (κ2) is 7.46. The molecule has 2 rings (SSSR count). The molecule has 4 N–H and O–H groups in total. The summed E-state index contributed by atoms with van der Waals surface area (Å²) in [6.07, 6.45) is 3.77. The number of urea groups is 1. The molecule has 0 aliphatic carbocycles. The number of aliphatic hydroxyl groups is 1. The van der Waals surface area contributed by atoms with E-state index < -0.39 is 12.1 Å². The fourth-order valence-corrected chi connectivity index (χ4v) is 2.03. The minimum absolute atomic E-state index is 0.178. The summed E-state index contributed by atoms with van der Waals surface area (Å²) in [5, 5.41) is 28.1. The van der Waals surface area contributed by atoms with Gasteiger partial charge in [-0.3, -0.25) is 4.68 Å². The van der Waals surface area contributed by atoms with E-state index in [4.69, 9.17) is 0 Å². The lowest BCUT2D eigenvalue weighted by molar-refractivity contribution is 0.224. The van der Waals surface area contributed by atoms with Crippen molar-refractivity contribution in [2.75, 3.05) is 11.9 Å². The minimum Gasteiger partial charge on any atom is -0.508 e. The highest BCUT2D eigenvalue weighted by molar-refractivity contribution is 5.89. The van der Waals surface area contributed by atoms with Crippen molar-refractivity contribution >= 4 is 11.7 Å². The summed E-state index contributed by atoms with van der Waals surface area (Å²) in [7, 11) is 0. The molecule has 0 spiro atoms. The topological polar surface area (TPSA) is 99.4 Å². The van der Waals surface area contributed by atoms with Crippen LogP contribution in [0.25, 0.3) is 0 Å². The van der Waals surface area contributed by atoms with E-state index in [1.54, 1.807) is 41.3 Å². The molecule has 0 bridgehead atoms. The highest BCUT2D eigenvalue weighted by atomic mass is 16.3. The molecule has 2 aromatic rings. The number of aromatic hydroxyl groups is 1. The largest absolute Gasteiger partial charge is 0.508 e. The summed E-state index contributed by atoms with van der Waals surface area (Å²) in [6, 6.07) is 5.84. The lowest BCUT2D eigenvalue weighted by atomic mass is 10.1. The summed E-state index contributed by atoms with van der Waals surface area (Å²) in [4.78, 5) is 11.9. The number of phenols is 1. The van der Waals surface area contributed by atoms with E-state index in [0.29, 0.717) is 12.1 Å². The molecular formula is C15H20N4O3. The van der Waals surface area contributed by atoms with Gasteiger partial charge in [-0.15, -0.1) is 0 Å². The number of benzene rings is 1. The lowest BCUT2D eigenvalue weighted by Crippen LogP contribution is -2.41. The molecule has 0 saturated heterocycles. The average molecular weight is 304 g/mol. The van der Waals surface area contributed by atoms with E-state index in [-0.39, 0.29) is 12.4 Å². The number of amides is 2. The Bertz CT molecular complexity index is 610. The first kappa shape index (κ1) is 15.8. The number of carbonyl (C=O) groups is 1. The van der Waals surface area contributed by atoms with Crippen molar-refractivity contribution in [1.29, 1.82) is 0 Å². The van der Waals surface area contributed by atoms with Gasteiger partial charge in [0.2, 0.25) is 0 Å².